The summed E-state index contributed by atoms with van der Waals surface area (Å²) in [7, 11) is 0.607. The molecule has 0 spiro atoms. The highest BCUT2D eigenvalue weighted by Crippen LogP contribution is 2.28. The molecule has 0 unspecified atom stereocenters. The van der Waals surface area contributed by atoms with Crippen molar-refractivity contribution in [3.63, 3.8) is 0 Å². The summed E-state index contributed by atoms with van der Waals surface area (Å²) in [5.41, 5.74) is 2.29. The van der Waals surface area contributed by atoms with Gasteiger partial charge in [-0.2, -0.15) is 0 Å². The lowest BCUT2D eigenvalue weighted by Crippen LogP contribution is -2.37. The Balaban J connectivity index is 1.76. The van der Waals surface area contributed by atoms with Crippen LogP contribution in [0.3, 0.4) is 0 Å². The minimum Gasteiger partial charge on any atom is -0.497 e. The Kier molecular flexibility index (Phi) is 10.3. The molecular formula is C28H30N2O6S2. The Morgan fingerprint density at radius 1 is 0.947 bits per heavy atom. The number of thiocarbonyl (C=S) groups is 1. The number of sulfonamides is 1. The van der Waals surface area contributed by atoms with Gasteiger partial charge in [0, 0.05) is 25.1 Å². The first-order valence-corrected chi connectivity index (χ1v) is 13.6. The van der Waals surface area contributed by atoms with Gasteiger partial charge in [-0.25, -0.2) is 8.42 Å². The molecule has 0 radical (unpaired) electrons. The summed E-state index contributed by atoms with van der Waals surface area (Å²) in [5.74, 6) is 1.30. The van der Waals surface area contributed by atoms with Crippen molar-refractivity contribution in [1.29, 1.82) is 0 Å². The number of hydrogen-bond acceptors (Lipinski definition) is 7. The van der Waals surface area contributed by atoms with Crippen molar-refractivity contribution in [1.82, 2.24) is 10.0 Å². The van der Waals surface area contributed by atoms with Gasteiger partial charge in [-0.1, -0.05) is 36.4 Å². The number of rotatable bonds is 12. The Labute approximate surface area is 228 Å². The van der Waals surface area contributed by atoms with Crippen molar-refractivity contribution >= 4 is 39.2 Å². The van der Waals surface area contributed by atoms with E-state index in [1.807, 2.05) is 30.3 Å². The summed E-state index contributed by atoms with van der Waals surface area (Å²) in [6, 6.07) is 19.6. The van der Waals surface area contributed by atoms with Crippen LogP contribution in [0.4, 0.5) is 0 Å². The lowest BCUT2D eigenvalue weighted by Gasteiger charge is -2.15. The average molecular weight is 555 g/mol. The summed E-state index contributed by atoms with van der Waals surface area (Å²) >= 11 is 5.00. The van der Waals surface area contributed by atoms with Crippen LogP contribution in [0.15, 0.2) is 77.7 Å². The molecular weight excluding hydrogens is 524 g/mol. The fourth-order valence-corrected chi connectivity index (χ4v) is 4.97. The third-order valence-electron chi connectivity index (χ3n) is 5.54. The Hall–Kier alpha value is -3.89. The Morgan fingerprint density at radius 2 is 1.71 bits per heavy atom. The lowest BCUT2D eigenvalue weighted by molar-refractivity contribution is -0.114. The fraction of sp³-hybridized carbons (Fsp3) is 0.214. The molecule has 0 atom stereocenters. The molecule has 3 aromatic rings. The van der Waals surface area contributed by atoms with Crippen molar-refractivity contribution in [2.75, 3.05) is 21.3 Å². The van der Waals surface area contributed by atoms with Crippen molar-refractivity contribution in [2.45, 2.75) is 24.3 Å². The molecule has 0 saturated carbocycles. The van der Waals surface area contributed by atoms with E-state index in [0.29, 0.717) is 23.5 Å². The van der Waals surface area contributed by atoms with E-state index in [4.69, 9.17) is 26.4 Å². The van der Waals surface area contributed by atoms with E-state index in [1.54, 1.807) is 50.6 Å². The van der Waals surface area contributed by atoms with Crippen LogP contribution in [0.25, 0.3) is 6.08 Å². The average Bonchev–Trinajstić information content (AvgIpc) is 2.94. The van der Waals surface area contributed by atoms with E-state index >= 15 is 0 Å². The zero-order valence-electron chi connectivity index (χ0n) is 21.4. The molecule has 0 aliphatic heterocycles. The quantitative estimate of drug-likeness (QED) is 0.253. The number of carbonyl (C=O) groups excluding carboxylic acids is 1. The Morgan fingerprint density at radius 3 is 2.39 bits per heavy atom. The largest absolute Gasteiger partial charge is 0.497 e. The maximum absolute atomic E-state index is 13.1. The van der Waals surface area contributed by atoms with Crippen molar-refractivity contribution in [3.05, 3.63) is 89.5 Å². The smallest absolute Gasteiger partial charge is 0.267 e. The SMILES string of the molecule is CNC(=S)NS(=O)(=O)c1cc(CCC(=O)C=Cc2ccc(OC)cc2OC)ccc1OCc1ccccc1. The van der Waals surface area contributed by atoms with Crippen molar-refractivity contribution < 1.29 is 27.4 Å². The number of ether oxygens (including phenoxy) is 3. The molecule has 0 fully saturated rings. The molecule has 10 heteroatoms. The van der Waals surface area contributed by atoms with Gasteiger partial charge in [0.15, 0.2) is 10.9 Å². The number of aryl methyl sites for hydroxylation is 1. The number of benzene rings is 3. The van der Waals surface area contributed by atoms with E-state index in [9.17, 15) is 13.2 Å². The van der Waals surface area contributed by atoms with E-state index < -0.39 is 10.0 Å². The predicted octanol–water partition coefficient (Wildman–Crippen LogP) is 4.28. The molecule has 0 aliphatic carbocycles. The third-order valence-corrected chi connectivity index (χ3v) is 7.34. The van der Waals surface area contributed by atoms with Crippen molar-refractivity contribution in [3.8, 4) is 17.2 Å². The second kappa shape index (κ2) is 13.6. The summed E-state index contributed by atoms with van der Waals surface area (Å²) in [5, 5.41) is 2.55. The zero-order valence-corrected chi connectivity index (χ0v) is 23.0. The highest BCUT2D eigenvalue weighted by molar-refractivity contribution is 7.92. The predicted molar refractivity (Wildman–Crippen MR) is 151 cm³/mol. The first-order valence-electron chi connectivity index (χ1n) is 11.7. The topological polar surface area (TPSA) is 103 Å². The van der Waals surface area contributed by atoms with E-state index in [-0.39, 0.29) is 34.6 Å². The van der Waals surface area contributed by atoms with Crippen LogP contribution in [0.5, 0.6) is 17.2 Å². The molecule has 0 heterocycles. The van der Waals surface area contributed by atoms with Crippen LogP contribution in [0.2, 0.25) is 0 Å². The lowest BCUT2D eigenvalue weighted by atomic mass is 10.1. The van der Waals surface area contributed by atoms with Gasteiger partial charge >= 0.3 is 0 Å². The van der Waals surface area contributed by atoms with Gasteiger partial charge in [-0.05, 0) is 66.2 Å². The van der Waals surface area contributed by atoms with Crippen LogP contribution in [0, 0.1) is 0 Å². The van der Waals surface area contributed by atoms with Crippen LogP contribution in [-0.2, 0) is 27.8 Å². The molecule has 0 saturated heterocycles. The number of hydrogen-bond donors (Lipinski definition) is 2. The summed E-state index contributed by atoms with van der Waals surface area (Å²) in [6.45, 7) is 0.192. The van der Waals surface area contributed by atoms with E-state index in [1.165, 1.54) is 19.2 Å². The van der Waals surface area contributed by atoms with Gasteiger partial charge in [0.05, 0.1) is 14.2 Å². The van der Waals surface area contributed by atoms with Gasteiger partial charge < -0.3 is 19.5 Å². The van der Waals surface area contributed by atoms with Gasteiger partial charge in [0.1, 0.15) is 28.8 Å². The van der Waals surface area contributed by atoms with E-state index in [0.717, 1.165) is 11.1 Å². The standard InChI is InChI=1S/C28H30N2O6S2/c1-29-28(37)30-38(32,33)27-17-20(10-16-25(27)36-19-21-7-5-4-6-8-21)9-13-23(31)14-11-22-12-15-24(34-2)18-26(22)35-3/h4-8,10-12,14-18H,9,13,19H2,1-3H3,(H2,29,30,37). The first-order chi connectivity index (χ1) is 18.2. The van der Waals surface area contributed by atoms with Crippen LogP contribution < -0.4 is 24.2 Å². The molecule has 0 aliphatic rings. The summed E-state index contributed by atoms with van der Waals surface area (Å²) in [4.78, 5) is 12.5. The molecule has 2 N–H and O–H groups in total. The van der Waals surface area contributed by atoms with Crippen LogP contribution >= 0.6 is 12.2 Å². The second-order valence-corrected chi connectivity index (χ2v) is 10.2. The molecule has 3 rings (SSSR count). The summed E-state index contributed by atoms with van der Waals surface area (Å²) < 4.78 is 44.9. The molecule has 0 aromatic heterocycles. The van der Waals surface area contributed by atoms with Gasteiger partial charge in [0.25, 0.3) is 10.0 Å². The van der Waals surface area contributed by atoms with Crippen LogP contribution in [-0.4, -0.2) is 40.6 Å². The molecule has 200 valence electrons. The third kappa shape index (κ3) is 8.06. The first kappa shape index (κ1) is 28.7. The minimum absolute atomic E-state index is 0.0429. The zero-order chi connectivity index (χ0) is 27.5. The number of ketones is 1. The number of methoxy groups -OCH3 is 2. The van der Waals surface area contributed by atoms with Gasteiger partial charge in [-0.3, -0.25) is 9.52 Å². The molecule has 3 aromatic carbocycles. The normalized spacial score (nSPS) is 11.1. The van der Waals surface area contributed by atoms with Gasteiger partial charge in [0.2, 0.25) is 0 Å². The number of nitrogens with one attached hydrogen (secondary N) is 2. The van der Waals surface area contributed by atoms with E-state index in [2.05, 4.69) is 10.0 Å². The molecule has 0 bridgehead atoms. The monoisotopic (exact) mass is 554 g/mol. The van der Waals surface area contributed by atoms with Crippen molar-refractivity contribution in [2.24, 2.45) is 0 Å². The highest BCUT2D eigenvalue weighted by Gasteiger charge is 2.22. The number of carbonyl (C=O) groups is 1. The van der Waals surface area contributed by atoms with Crippen LogP contribution in [0.1, 0.15) is 23.1 Å². The minimum atomic E-state index is -4.03. The summed E-state index contributed by atoms with van der Waals surface area (Å²) in [6.07, 6.45) is 3.67. The maximum atomic E-state index is 13.1. The number of allylic oxidation sites excluding steroid dienone is 1. The second-order valence-electron chi connectivity index (χ2n) is 8.15. The van der Waals surface area contributed by atoms with Gasteiger partial charge in [-0.15, -0.1) is 0 Å². The Bertz CT molecular complexity index is 1410. The molecule has 0 amide bonds. The molecule has 38 heavy (non-hydrogen) atoms. The fourth-order valence-electron chi connectivity index (χ4n) is 3.49. The molecule has 8 nitrogen and oxygen atoms in total. The maximum Gasteiger partial charge on any atom is 0.267 e. The highest BCUT2D eigenvalue weighted by atomic mass is 32.2.